The van der Waals surface area contributed by atoms with E-state index in [1.165, 1.54) is 34.1 Å². The summed E-state index contributed by atoms with van der Waals surface area (Å²) in [7, 11) is 0. The van der Waals surface area contributed by atoms with Gasteiger partial charge in [-0.05, 0) is 304 Å². The van der Waals surface area contributed by atoms with Crippen molar-refractivity contribution in [3.05, 3.63) is 563 Å². The van der Waals surface area contributed by atoms with Gasteiger partial charge in [-0.25, -0.2) is 17.6 Å². The number of hydrogen-bond acceptors (Lipinski definition) is 4. The lowest BCUT2D eigenvalue weighted by molar-refractivity contribution is 0.550. The van der Waals surface area contributed by atoms with Gasteiger partial charge in [0.05, 0.1) is 100 Å². The maximum absolute atomic E-state index is 18.6. The zero-order valence-corrected chi connectivity index (χ0v) is 81.4. The Labute approximate surface area is 921 Å². The second-order valence-electron chi connectivity index (χ2n) is 38.6. The van der Waals surface area contributed by atoms with Gasteiger partial charge in [-0.1, -0.05) is 392 Å². The SMILES string of the molecule is [2H]c1c([2H])c([2H])c(-c2cc(F)c(N(C3=CC=C4C=CC5=C(N(c6cc(C)cc(C)c6)c6c(F)cc(-c7c([2H])c([2H])c([2H])c([2H])c7[2H])cc6-c6c([2H])c([2H])c([2H])c([2H])c6[2H])C=CC6=CC=C3C4C65)c3cc(C)cc(C)c3)c(-c3c([2H])c([2H])c([2H])c([2H])c3[2H])c2)c([2H])c1[2H].[2H]c1c([2H])c([2H])c(-c2cc(F)c(N(c3ccc(C(C)(C)C)cc3)c3ccc4ccc5c(N(c6ccc(C(C)(C)C)cc6)c6c(F)cc(-c7c([2H])c([2H])c([2H])c([2H])c7[2H])cc6-c6c([2H])c([2H])c([2H])c([2H])c6[2H])ccc6ccc3c4c65)c(-c3c([2H])c([2H])c([2H])c([2H])c3[2H])c2)c([2H])c1[2H]. The zero-order valence-electron chi connectivity index (χ0n) is 121. The minimum Gasteiger partial charge on any atom is -0.307 e. The van der Waals surface area contributed by atoms with E-state index in [4.69, 9.17) is 43.9 Å². The van der Waals surface area contributed by atoms with E-state index in [1.807, 2.05) is 166 Å². The first-order chi connectivity index (χ1) is 88.5. The molecule has 0 amide bonds. The standard InChI is InChI=1S/C72H58F2N2.C68H52F2N2/c1-71(2,3)55-31-35-57(36-32-55)75(69-61(49-23-15-9-16-24-49)43-53(45-63(69)73)47-19-11-7-12-20-47)65-41-29-51-28-40-60-66(42-30-52-27-39-59(65)67(51)68(52)60)76(58-37-33-56(34-38-58)72(4,5)6)70-62(50-25-17-10-18-26-50)44-54(46-64(70)74)48-21-13-8-14-22-48;1-43-33-44(2)36-55(35-43)71(67-59(49-21-13-7-14-22-49)39-53(41-61(67)69)47-17-9-5-10-18-47)63-31-27-51-26-30-58-64(32-28-52-25-29-57(63)65(51)66(52)58)72(56-37-45(3)34-46(4)38-56)68-60(50-23-15-8-16-24-50)40-54(42-62(68)70)48-19-11-6-12-20-48/h7-46H,1-6H3;5-42,65-66H,1-4H3/i7D,8D,9D,10D,11D,12D,13D,14D,15D,16D,17D,18D,19D,20D,21D,22D,23D,24D,25D,26D;5D,6D,7D,8D,9D,10D,11D,12D,13D,14D,15D,16D,17D,18D,19D,20D,21D,22D,23D,24D. The molecular weight excluding hydrogens is 1810 g/mol. The monoisotopic (exact) mass is 1960 g/mol. The Hall–Kier alpha value is -17.5. The van der Waals surface area contributed by atoms with Crippen molar-refractivity contribution in [1.82, 2.24) is 0 Å². The van der Waals surface area contributed by atoms with Crippen LogP contribution in [0.1, 0.15) is 130 Å². The minimum absolute atomic E-state index is 0.244. The van der Waals surface area contributed by atoms with Gasteiger partial charge in [-0.2, -0.15) is 0 Å². The van der Waals surface area contributed by atoms with Crippen LogP contribution in [0.5, 0.6) is 0 Å². The molecule has 0 saturated carbocycles. The van der Waals surface area contributed by atoms with Crippen LogP contribution in [-0.4, -0.2) is 0 Å². The largest absolute Gasteiger partial charge is 0.307 e. The molecule has 718 valence electrons. The molecule has 0 fully saturated rings. The van der Waals surface area contributed by atoms with E-state index in [-0.39, 0.29) is 78.6 Å². The summed E-state index contributed by atoms with van der Waals surface area (Å²) in [6.07, 6.45) is 14.7. The molecule has 2 unspecified atom stereocenters. The molecule has 20 aromatic carbocycles. The van der Waals surface area contributed by atoms with E-state index in [1.54, 1.807) is 94.7 Å². The lowest BCUT2D eigenvalue weighted by atomic mass is 9.63. The summed E-state index contributed by atoms with van der Waals surface area (Å²) in [4.78, 5) is 6.24. The summed E-state index contributed by atoms with van der Waals surface area (Å²) < 4.78 is 427. The second kappa shape index (κ2) is 38.9. The summed E-state index contributed by atoms with van der Waals surface area (Å²) in [5.74, 6) is -5.61. The van der Waals surface area contributed by atoms with Gasteiger partial charge in [0.15, 0.2) is 0 Å². The Morgan fingerprint density at radius 3 is 0.878 bits per heavy atom. The number of aryl methyl sites for hydroxylation is 4. The van der Waals surface area contributed by atoms with Crippen molar-refractivity contribution >= 4 is 89.2 Å². The van der Waals surface area contributed by atoms with Crippen LogP contribution in [0.3, 0.4) is 0 Å². The van der Waals surface area contributed by atoms with Crippen molar-refractivity contribution in [2.45, 2.75) is 80.1 Å². The fourth-order valence-electron chi connectivity index (χ4n) is 20.5. The number of benzene rings is 20. The Kier molecular flexibility index (Phi) is 15.5. The highest BCUT2D eigenvalue weighted by molar-refractivity contribution is 6.28. The predicted octanol–water partition coefficient (Wildman–Crippen LogP) is 39.2. The van der Waals surface area contributed by atoms with E-state index in [2.05, 4.69) is 0 Å². The van der Waals surface area contributed by atoms with E-state index >= 15 is 17.6 Å². The highest BCUT2D eigenvalue weighted by Crippen LogP contribution is 2.59. The quantitative estimate of drug-likeness (QED) is 0.0557. The van der Waals surface area contributed by atoms with Gasteiger partial charge in [-0.15, -0.1) is 0 Å². The molecule has 0 aromatic heterocycles. The van der Waals surface area contributed by atoms with E-state index < -0.39 is 332 Å². The highest BCUT2D eigenvalue weighted by Gasteiger charge is 2.45. The van der Waals surface area contributed by atoms with Crippen LogP contribution >= 0.6 is 0 Å². The third-order valence-electron chi connectivity index (χ3n) is 27.0. The molecule has 0 N–H and O–H groups in total. The fraction of sp³-hybridized carbons (Fsp3) is 0.100. The molecule has 24 rings (SSSR count). The first-order valence-electron chi connectivity index (χ1n) is 67.7. The van der Waals surface area contributed by atoms with Crippen molar-refractivity contribution < 1.29 is 72.4 Å². The van der Waals surface area contributed by atoms with Gasteiger partial charge >= 0.3 is 0 Å². The Morgan fingerprint density at radius 2 is 0.541 bits per heavy atom. The Morgan fingerprint density at radius 1 is 0.250 bits per heavy atom. The summed E-state index contributed by atoms with van der Waals surface area (Å²) >= 11 is 0. The molecule has 0 heterocycles. The molecule has 8 heteroatoms. The third kappa shape index (κ3) is 17.8. The summed E-state index contributed by atoms with van der Waals surface area (Å²) in [6, 6.07) is 20.0. The van der Waals surface area contributed by atoms with Gasteiger partial charge in [0, 0.05) is 67.6 Å². The molecule has 20 aromatic rings. The third-order valence-corrected chi connectivity index (χ3v) is 27.0. The Bertz CT molecular complexity index is 10900. The Balaban J connectivity index is 0.000000196. The van der Waals surface area contributed by atoms with E-state index in [0.29, 0.717) is 77.6 Å². The van der Waals surface area contributed by atoms with Crippen LogP contribution in [0.2, 0.25) is 0 Å². The topological polar surface area (TPSA) is 13.0 Å². The summed E-state index contributed by atoms with van der Waals surface area (Å²) in [5.41, 5.74) is 2.23. The molecule has 0 saturated heterocycles. The average molecular weight is 1960 g/mol. The summed E-state index contributed by atoms with van der Waals surface area (Å²) in [5, 5.41) is 3.33. The van der Waals surface area contributed by atoms with Crippen molar-refractivity contribution in [2.75, 3.05) is 19.6 Å². The lowest BCUT2D eigenvalue weighted by Crippen LogP contribution is -2.35. The smallest absolute Gasteiger partial charge is 0.148 e. The van der Waals surface area contributed by atoms with Crippen LogP contribution < -0.4 is 19.6 Å². The van der Waals surface area contributed by atoms with Crippen molar-refractivity contribution in [1.29, 1.82) is 0 Å². The molecule has 148 heavy (non-hydrogen) atoms. The maximum Gasteiger partial charge on any atom is 0.148 e. The van der Waals surface area contributed by atoms with Crippen LogP contribution in [0.25, 0.3) is 121 Å². The molecule has 0 aliphatic heterocycles. The van der Waals surface area contributed by atoms with Gasteiger partial charge in [0.25, 0.3) is 0 Å². The molecule has 2 atom stereocenters. The van der Waals surface area contributed by atoms with Crippen LogP contribution in [0.15, 0.2) is 506 Å². The number of allylic oxidation sites excluding steroid dienone is 12. The van der Waals surface area contributed by atoms with Gasteiger partial charge in [-0.3, -0.25) is 0 Å². The number of rotatable bonds is 20. The highest BCUT2D eigenvalue weighted by atomic mass is 19.1. The number of halogens is 4. The molecule has 0 bridgehead atoms. The number of anilines is 10. The normalized spacial score (nSPS) is 17.9. The number of nitrogens with zero attached hydrogens (tertiary/aromatic N) is 4. The first-order valence-corrected chi connectivity index (χ1v) is 47.7. The van der Waals surface area contributed by atoms with Crippen LogP contribution in [-0.2, 0) is 10.8 Å². The molecular formula is C140H110F4N4. The number of hydrogen-bond donors (Lipinski definition) is 0. The average Bonchev–Trinajstić information content (AvgIpc) is 0.708. The molecule has 4 aliphatic carbocycles. The molecule has 0 radical (unpaired) electrons. The first kappa shape index (κ1) is 59.1. The van der Waals surface area contributed by atoms with E-state index in [9.17, 15) is 11.0 Å². The van der Waals surface area contributed by atoms with Crippen LogP contribution in [0.4, 0.5) is 74.4 Å². The van der Waals surface area contributed by atoms with Crippen molar-refractivity contribution in [3.63, 3.8) is 0 Å². The molecule has 4 nitrogen and oxygen atoms in total. The fourth-order valence-corrected chi connectivity index (χ4v) is 20.5. The van der Waals surface area contributed by atoms with Crippen molar-refractivity contribution in [2.24, 2.45) is 11.8 Å². The van der Waals surface area contributed by atoms with Crippen molar-refractivity contribution in [3.8, 4) is 89.0 Å². The van der Waals surface area contributed by atoms with Gasteiger partial charge in [0.1, 0.15) is 23.3 Å². The molecule has 0 spiro atoms. The van der Waals surface area contributed by atoms with Crippen LogP contribution in [0, 0.1) is 62.8 Å². The van der Waals surface area contributed by atoms with Gasteiger partial charge in [0.2, 0.25) is 0 Å². The second-order valence-corrected chi connectivity index (χ2v) is 38.6. The lowest BCUT2D eigenvalue weighted by Gasteiger charge is -2.45. The minimum atomic E-state index is -1.09. The van der Waals surface area contributed by atoms with Gasteiger partial charge < -0.3 is 19.6 Å². The maximum atomic E-state index is 18.6. The zero-order chi connectivity index (χ0) is 136. The molecule has 4 aliphatic rings. The summed E-state index contributed by atoms with van der Waals surface area (Å²) in [6.45, 7) is 19.4. The predicted molar refractivity (Wildman–Crippen MR) is 614 cm³/mol. The van der Waals surface area contributed by atoms with E-state index in [0.717, 1.165) is 68.8 Å².